The molecule has 0 saturated carbocycles. The Labute approximate surface area is 128 Å². The lowest BCUT2D eigenvalue weighted by Gasteiger charge is -2.24. The number of carbonyl (C=O) groups is 3. The van der Waals surface area contributed by atoms with Crippen molar-refractivity contribution in [2.24, 2.45) is 0 Å². The van der Waals surface area contributed by atoms with Crippen LogP contribution in [0.3, 0.4) is 0 Å². The first-order valence-electron chi connectivity index (χ1n) is 6.50. The molecule has 1 heterocycles. The Morgan fingerprint density at radius 3 is 2.32 bits per heavy atom. The number of nitrogen functional groups attached to an aromatic ring is 1. The Kier molecular flexibility index (Phi) is 5.08. The summed E-state index contributed by atoms with van der Waals surface area (Å²) in [6.07, 6.45) is -1.11. The van der Waals surface area contributed by atoms with Gasteiger partial charge >= 0.3 is 18.0 Å². The normalized spacial score (nSPS) is 10.8. The number of amides is 2. The number of aryl methyl sites for hydroxylation is 1. The standard InChI is InChI=1S/C14H19N3O5/c1-8-6-7-10(15)16-11(8)12(19)17(22-9(2)18)13(20)21-14(3,4)5/h6-7H,1-5H3,(H2,15,16). The predicted octanol–water partition coefficient (Wildman–Crippen LogP) is 1.83. The summed E-state index contributed by atoms with van der Waals surface area (Å²) < 4.78 is 5.04. The van der Waals surface area contributed by atoms with Crippen LogP contribution in [0.1, 0.15) is 43.7 Å². The van der Waals surface area contributed by atoms with Gasteiger partial charge in [-0.05, 0) is 39.3 Å². The molecule has 120 valence electrons. The second kappa shape index (κ2) is 6.42. The van der Waals surface area contributed by atoms with Crippen LogP contribution in [0.25, 0.3) is 0 Å². The van der Waals surface area contributed by atoms with E-state index in [2.05, 4.69) is 9.82 Å². The number of nitrogens with zero attached hydrogens (tertiary/aromatic N) is 2. The summed E-state index contributed by atoms with van der Waals surface area (Å²) in [5.74, 6) is -1.68. The third kappa shape index (κ3) is 4.72. The summed E-state index contributed by atoms with van der Waals surface area (Å²) >= 11 is 0. The maximum absolute atomic E-state index is 12.4. The van der Waals surface area contributed by atoms with E-state index in [0.29, 0.717) is 5.56 Å². The van der Waals surface area contributed by atoms with Gasteiger partial charge in [-0.15, -0.1) is 0 Å². The topological polar surface area (TPSA) is 112 Å². The molecule has 1 aromatic rings. The number of rotatable bonds is 1. The van der Waals surface area contributed by atoms with Crippen LogP contribution in [0.5, 0.6) is 0 Å². The third-order valence-electron chi connectivity index (χ3n) is 2.28. The van der Waals surface area contributed by atoms with E-state index in [9.17, 15) is 14.4 Å². The van der Waals surface area contributed by atoms with Gasteiger partial charge in [0.25, 0.3) is 0 Å². The molecule has 1 aromatic heterocycles. The van der Waals surface area contributed by atoms with E-state index >= 15 is 0 Å². The van der Waals surface area contributed by atoms with E-state index in [1.54, 1.807) is 33.8 Å². The molecule has 0 aliphatic rings. The van der Waals surface area contributed by atoms with E-state index in [4.69, 9.17) is 10.5 Å². The molecule has 8 nitrogen and oxygen atoms in total. The molecule has 0 fully saturated rings. The molecule has 0 aliphatic heterocycles. The summed E-state index contributed by atoms with van der Waals surface area (Å²) in [6.45, 7) is 7.52. The first-order valence-corrected chi connectivity index (χ1v) is 6.50. The minimum atomic E-state index is -1.11. The van der Waals surface area contributed by atoms with Gasteiger partial charge in [-0.25, -0.2) is 14.6 Å². The van der Waals surface area contributed by atoms with Gasteiger partial charge in [-0.1, -0.05) is 11.1 Å². The van der Waals surface area contributed by atoms with Crippen LogP contribution >= 0.6 is 0 Å². The highest BCUT2D eigenvalue weighted by molar-refractivity contribution is 6.02. The van der Waals surface area contributed by atoms with E-state index in [-0.39, 0.29) is 16.6 Å². The van der Waals surface area contributed by atoms with Crippen LogP contribution in [-0.2, 0) is 14.4 Å². The molecule has 0 spiro atoms. The summed E-state index contributed by atoms with van der Waals surface area (Å²) in [6, 6.07) is 3.08. The SMILES string of the molecule is CC(=O)ON(C(=O)OC(C)(C)C)C(=O)c1nc(N)ccc1C. The largest absolute Gasteiger partial charge is 0.451 e. The average molecular weight is 309 g/mol. The number of ether oxygens (including phenoxy) is 1. The lowest BCUT2D eigenvalue weighted by molar-refractivity contribution is -0.171. The molecule has 1 rings (SSSR count). The highest BCUT2D eigenvalue weighted by atomic mass is 16.8. The third-order valence-corrected chi connectivity index (χ3v) is 2.28. The second-order valence-electron chi connectivity index (χ2n) is 5.56. The molecule has 0 aliphatic carbocycles. The molecule has 0 unspecified atom stereocenters. The maximum Gasteiger partial charge on any atom is 0.451 e. The van der Waals surface area contributed by atoms with Gasteiger partial charge in [-0.2, -0.15) is 0 Å². The number of hydrogen-bond acceptors (Lipinski definition) is 7. The fourth-order valence-corrected chi connectivity index (χ4v) is 1.45. The van der Waals surface area contributed by atoms with E-state index in [1.807, 2.05) is 0 Å². The first-order chi connectivity index (χ1) is 10.0. The highest BCUT2D eigenvalue weighted by Crippen LogP contribution is 2.15. The van der Waals surface area contributed by atoms with Gasteiger partial charge in [-0.3, -0.25) is 4.79 Å². The molecule has 0 saturated heterocycles. The van der Waals surface area contributed by atoms with Crippen LogP contribution in [-0.4, -0.2) is 33.6 Å². The van der Waals surface area contributed by atoms with Crippen molar-refractivity contribution in [2.75, 3.05) is 5.73 Å². The highest BCUT2D eigenvalue weighted by Gasteiger charge is 2.33. The van der Waals surface area contributed by atoms with E-state index in [1.165, 1.54) is 6.07 Å². The van der Waals surface area contributed by atoms with Crippen LogP contribution in [0.4, 0.5) is 10.6 Å². The molecule has 0 atom stereocenters. The van der Waals surface area contributed by atoms with Crippen molar-refractivity contribution in [2.45, 2.75) is 40.2 Å². The van der Waals surface area contributed by atoms with Crippen LogP contribution in [0, 0.1) is 6.92 Å². The number of hydroxylamine groups is 2. The van der Waals surface area contributed by atoms with Crippen molar-refractivity contribution >= 4 is 23.8 Å². The molecular weight excluding hydrogens is 290 g/mol. The summed E-state index contributed by atoms with van der Waals surface area (Å²) in [5.41, 5.74) is 5.04. The maximum atomic E-state index is 12.4. The van der Waals surface area contributed by atoms with Gasteiger partial charge in [0.1, 0.15) is 17.1 Å². The first kappa shape index (κ1) is 17.4. The minimum absolute atomic E-state index is 0.0981. The number of anilines is 1. The number of nitrogens with two attached hydrogens (primary N) is 1. The average Bonchev–Trinajstić information content (AvgIpc) is 2.35. The quantitative estimate of drug-likeness (QED) is 0.787. The number of pyridine rings is 1. The van der Waals surface area contributed by atoms with E-state index < -0.39 is 23.6 Å². The van der Waals surface area contributed by atoms with Gasteiger partial charge < -0.3 is 15.3 Å². The number of hydrogen-bond donors (Lipinski definition) is 1. The van der Waals surface area contributed by atoms with Gasteiger partial charge in [0, 0.05) is 6.92 Å². The lowest BCUT2D eigenvalue weighted by Crippen LogP contribution is -2.42. The van der Waals surface area contributed by atoms with Crippen molar-refractivity contribution in [3.63, 3.8) is 0 Å². The molecule has 0 bridgehead atoms. The summed E-state index contributed by atoms with van der Waals surface area (Å²) in [7, 11) is 0. The number of imide groups is 1. The van der Waals surface area contributed by atoms with Crippen LogP contribution in [0.15, 0.2) is 12.1 Å². The Hall–Kier alpha value is -2.64. The number of aromatic nitrogens is 1. The summed E-state index contributed by atoms with van der Waals surface area (Å²) in [5, 5.41) is 0.238. The minimum Gasteiger partial charge on any atom is -0.441 e. The zero-order chi connectivity index (χ0) is 17.1. The Morgan fingerprint density at radius 2 is 1.82 bits per heavy atom. The smallest absolute Gasteiger partial charge is 0.441 e. The van der Waals surface area contributed by atoms with Crippen molar-refractivity contribution in [1.29, 1.82) is 0 Å². The van der Waals surface area contributed by atoms with Crippen LogP contribution < -0.4 is 5.73 Å². The molecule has 2 amide bonds. The summed E-state index contributed by atoms with van der Waals surface area (Å²) in [4.78, 5) is 44.1. The molecule has 0 aromatic carbocycles. The molecular formula is C14H19N3O5. The Morgan fingerprint density at radius 1 is 1.23 bits per heavy atom. The molecule has 8 heteroatoms. The van der Waals surface area contributed by atoms with Crippen molar-refractivity contribution in [3.8, 4) is 0 Å². The Balaban J connectivity index is 3.16. The lowest BCUT2D eigenvalue weighted by atomic mass is 10.2. The van der Waals surface area contributed by atoms with Crippen molar-refractivity contribution in [1.82, 2.24) is 10.0 Å². The monoisotopic (exact) mass is 309 g/mol. The molecule has 2 N–H and O–H groups in total. The zero-order valence-electron chi connectivity index (χ0n) is 13.2. The van der Waals surface area contributed by atoms with Gasteiger partial charge in [0.15, 0.2) is 0 Å². The molecule has 0 radical (unpaired) electrons. The zero-order valence-corrected chi connectivity index (χ0v) is 13.2. The fraction of sp³-hybridized carbons (Fsp3) is 0.429. The number of carbonyl (C=O) groups excluding carboxylic acids is 3. The van der Waals surface area contributed by atoms with Crippen molar-refractivity contribution < 1.29 is 24.0 Å². The fourth-order valence-electron chi connectivity index (χ4n) is 1.45. The van der Waals surface area contributed by atoms with Gasteiger partial charge in [0.2, 0.25) is 0 Å². The Bertz CT molecular complexity index is 607. The van der Waals surface area contributed by atoms with Crippen LogP contribution in [0.2, 0.25) is 0 Å². The van der Waals surface area contributed by atoms with Gasteiger partial charge in [0.05, 0.1) is 0 Å². The van der Waals surface area contributed by atoms with E-state index in [0.717, 1.165) is 6.92 Å². The van der Waals surface area contributed by atoms with Crippen molar-refractivity contribution in [3.05, 3.63) is 23.4 Å². The second-order valence-corrected chi connectivity index (χ2v) is 5.56. The molecule has 22 heavy (non-hydrogen) atoms. The predicted molar refractivity (Wildman–Crippen MR) is 77.6 cm³/mol.